The summed E-state index contributed by atoms with van der Waals surface area (Å²) in [7, 11) is 0. The lowest BCUT2D eigenvalue weighted by Crippen LogP contribution is -2.35. The normalized spacial score (nSPS) is 21.9. The Labute approximate surface area is 174 Å². The quantitative estimate of drug-likeness (QED) is 0.719. The van der Waals surface area contributed by atoms with Crippen molar-refractivity contribution in [2.45, 2.75) is 44.2 Å². The second-order valence-corrected chi connectivity index (χ2v) is 8.93. The summed E-state index contributed by atoms with van der Waals surface area (Å²) in [5, 5.41) is 3.23. The summed E-state index contributed by atoms with van der Waals surface area (Å²) in [6, 6.07) is 8.02. The van der Waals surface area contributed by atoms with Crippen LogP contribution in [0.4, 0.5) is 0 Å². The molecule has 0 bridgehead atoms. The number of carbonyl (C=O) groups is 1. The first kappa shape index (κ1) is 18.9. The molecule has 7 heteroatoms. The Morgan fingerprint density at radius 3 is 2.52 bits per heavy atom. The number of rotatable bonds is 4. The molecule has 5 rings (SSSR count). The predicted octanol–water partition coefficient (Wildman–Crippen LogP) is 3.65. The van der Waals surface area contributed by atoms with Crippen molar-refractivity contribution in [3.05, 3.63) is 40.2 Å². The number of aliphatic imine (C=N–C) groups is 1. The number of aromatic nitrogens is 1. The maximum atomic E-state index is 12.4. The number of hydrogen-bond donors (Lipinski definition) is 0. The zero-order valence-electron chi connectivity index (χ0n) is 16.4. The molecule has 3 aliphatic rings. The summed E-state index contributed by atoms with van der Waals surface area (Å²) in [5.74, 6) is 0.290. The molecule has 0 radical (unpaired) electrons. The average molecular weight is 412 g/mol. The van der Waals surface area contributed by atoms with E-state index in [4.69, 9.17) is 19.5 Å². The van der Waals surface area contributed by atoms with E-state index in [0.717, 1.165) is 80.4 Å². The van der Waals surface area contributed by atoms with Gasteiger partial charge in [-0.15, -0.1) is 11.3 Å². The number of ether oxygens (including phenoxy) is 2. The molecule has 0 amide bonds. The second-order valence-electron chi connectivity index (χ2n) is 7.99. The van der Waals surface area contributed by atoms with Crippen LogP contribution in [-0.2, 0) is 20.8 Å². The van der Waals surface area contributed by atoms with Crippen LogP contribution >= 0.6 is 11.3 Å². The molecule has 2 aromatic rings. The van der Waals surface area contributed by atoms with E-state index >= 15 is 0 Å². The van der Waals surface area contributed by atoms with Crippen molar-refractivity contribution < 1.29 is 14.3 Å². The Morgan fingerprint density at radius 2 is 1.76 bits per heavy atom. The van der Waals surface area contributed by atoms with Crippen molar-refractivity contribution in [3.8, 4) is 11.3 Å². The van der Waals surface area contributed by atoms with Gasteiger partial charge < -0.3 is 9.47 Å². The van der Waals surface area contributed by atoms with Gasteiger partial charge in [-0.2, -0.15) is 0 Å². The predicted molar refractivity (Wildman–Crippen MR) is 112 cm³/mol. The molecule has 2 fully saturated rings. The number of benzene rings is 1. The minimum atomic E-state index is -0.629. The van der Waals surface area contributed by atoms with E-state index in [9.17, 15) is 4.79 Å². The first-order chi connectivity index (χ1) is 14.2. The lowest BCUT2D eigenvalue weighted by Gasteiger charge is -2.25. The van der Waals surface area contributed by atoms with E-state index in [-0.39, 0.29) is 5.97 Å². The van der Waals surface area contributed by atoms with Gasteiger partial charge in [-0.1, -0.05) is 31.4 Å². The van der Waals surface area contributed by atoms with Crippen molar-refractivity contribution in [1.82, 2.24) is 9.88 Å². The zero-order valence-corrected chi connectivity index (χ0v) is 17.2. The fourth-order valence-corrected chi connectivity index (χ4v) is 5.12. The Morgan fingerprint density at radius 1 is 1.03 bits per heavy atom. The minimum absolute atomic E-state index is 0.177. The van der Waals surface area contributed by atoms with Crippen LogP contribution < -0.4 is 0 Å². The van der Waals surface area contributed by atoms with E-state index in [1.165, 1.54) is 6.42 Å². The maximum absolute atomic E-state index is 12.4. The molecule has 6 nitrogen and oxygen atoms in total. The van der Waals surface area contributed by atoms with E-state index in [2.05, 4.69) is 10.3 Å². The highest BCUT2D eigenvalue weighted by molar-refractivity contribution is 7.09. The SMILES string of the molecule is O=C1OC(c2ccc(-c3csc(CN4CCOCC4)n3)cc2)=NC12CCCCC2. The van der Waals surface area contributed by atoms with Gasteiger partial charge in [0, 0.05) is 29.6 Å². The van der Waals surface area contributed by atoms with Gasteiger partial charge in [0.05, 0.1) is 25.5 Å². The molecule has 2 aliphatic heterocycles. The summed E-state index contributed by atoms with van der Waals surface area (Å²) >= 11 is 1.70. The van der Waals surface area contributed by atoms with Gasteiger partial charge in [-0.25, -0.2) is 14.8 Å². The Kier molecular flexibility index (Phi) is 5.20. The minimum Gasteiger partial charge on any atom is -0.405 e. The number of nitrogens with zero attached hydrogens (tertiary/aromatic N) is 3. The van der Waals surface area contributed by atoms with Crippen LogP contribution in [0.25, 0.3) is 11.3 Å². The molecule has 1 spiro atoms. The fourth-order valence-electron chi connectivity index (χ4n) is 4.27. The summed E-state index contributed by atoms with van der Waals surface area (Å²) in [4.78, 5) is 24.3. The number of esters is 1. The molecular formula is C22H25N3O3S. The summed E-state index contributed by atoms with van der Waals surface area (Å²) in [6.07, 6.45) is 4.87. The standard InChI is InChI=1S/C22H25N3O3S/c26-21-22(8-2-1-3-9-22)24-20(28-21)17-6-4-16(5-7-17)18-15-29-19(23-18)14-25-10-12-27-13-11-25/h4-7,15H,1-3,8-14H2. The summed E-state index contributed by atoms with van der Waals surface area (Å²) in [5.41, 5.74) is 2.28. The van der Waals surface area contributed by atoms with Crippen molar-refractivity contribution >= 4 is 23.2 Å². The van der Waals surface area contributed by atoms with Crippen LogP contribution in [-0.4, -0.2) is 53.6 Å². The van der Waals surface area contributed by atoms with Crippen LogP contribution in [0, 0.1) is 0 Å². The molecule has 1 aromatic heterocycles. The lowest BCUT2D eigenvalue weighted by atomic mass is 9.83. The molecule has 1 saturated heterocycles. The molecular weight excluding hydrogens is 386 g/mol. The zero-order chi connectivity index (χ0) is 19.7. The smallest absolute Gasteiger partial charge is 0.340 e. The van der Waals surface area contributed by atoms with Crippen molar-refractivity contribution in [3.63, 3.8) is 0 Å². The fraction of sp³-hybridized carbons (Fsp3) is 0.500. The summed E-state index contributed by atoms with van der Waals surface area (Å²) < 4.78 is 11.0. The Balaban J connectivity index is 1.29. The van der Waals surface area contributed by atoms with Crippen LogP contribution in [0.15, 0.2) is 34.6 Å². The number of thiazole rings is 1. The highest BCUT2D eigenvalue weighted by atomic mass is 32.1. The molecule has 3 heterocycles. The van der Waals surface area contributed by atoms with Crippen LogP contribution in [0.1, 0.15) is 42.7 Å². The molecule has 1 aliphatic carbocycles. The van der Waals surface area contributed by atoms with Crippen molar-refractivity contribution in [2.75, 3.05) is 26.3 Å². The lowest BCUT2D eigenvalue weighted by molar-refractivity contribution is -0.140. The Hall–Kier alpha value is -2.09. The molecule has 29 heavy (non-hydrogen) atoms. The van der Waals surface area contributed by atoms with Crippen LogP contribution in [0.5, 0.6) is 0 Å². The number of hydrogen-bond acceptors (Lipinski definition) is 7. The van der Waals surface area contributed by atoms with Gasteiger partial charge in [0.15, 0.2) is 5.54 Å². The van der Waals surface area contributed by atoms with E-state index < -0.39 is 5.54 Å². The van der Waals surface area contributed by atoms with Crippen molar-refractivity contribution in [1.29, 1.82) is 0 Å². The highest BCUT2D eigenvalue weighted by Crippen LogP contribution is 2.37. The Bertz CT molecular complexity index is 910. The van der Waals surface area contributed by atoms with E-state index in [1.807, 2.05) is 24.3 Å². The number of cyclic esters (lactones) is 1. The van der Waals surface area contributed by atoms with E-state index in [0.29, 0.717) is 5.90 Å². The molecule has 0 atom stereocenters. The van der Waals surface area contributed by atoms with Gasteiger partial charge in [0.25, 0.3) is 0 Å². The molecule has 0 N–H and O–H groups in total. The second kappa shape index (κ2) is 7.97. The monoisotopic (exact) mass is 411 g/mol. The topological polar surface area (TPSA) is 64.0 Å². The van der Waals surface area contributed by atoms with Crippen LogP contribution in [0.3, 0.4) is 0 Å². The first-order valence-electron chi connectivity index (χ1n) is 10.4. The largest absolute Gasteiger partial charge is 0.405 e. The van der Waals surface area contributed by atoms with E-state index in [1.54, 1.807) is 11.3 Å². The van der Waals surface area contributed by atoms with Gasteiger partial charge in [-0.05, 0) is 25.0 Å². The van der Waals surface area contributed by atoms with Gasteiger partial charge >= 0.3 is 5.97 Å². The average Bonchev–Trinajstić information content (AvgIpc) is 3.35. The molecule has 1 aromatic carbocycles. The third kappa shape index (κ3) is 3.86. The van der Waals surface area contributed by atoms with Gasteiger partial charge in [0.2, 0.25) is 5.90 Å². The molecule has 0 unspecified atom stereocenters. The number of carbonyl (C=O) groups excluding carboxylic acids is 1. The highest BCUT2D eigenvalue weighted by Gasteiger charge is 2.46. The third-order valence-corrected chi connectivity index (χ3v) is 6.84. The first-order valence-corrected chi connectivity index (χ1v) is 11.3. The van der Waals surface area contributed by atoms with Gasteiger partial charge in [0.1, 0.15) is 5.01 Å². The van der Waals surface area contributed by atoms with Crippen molar-refractivity contribution in [2.24, 2.45) is 4.99 Å². The third-order valence-electron chi connectivity index (χ3n) is 6.01. The summed E-state index contributed by atoms with van der Waals surface area (Å²) in [6.45, 7) is 4.41. The molecule has 1 saturated carbocycles. The van der Waals surface area contributed by atoms with Gasteiger partial charge in [-0.3, -0.25) is 4.90 Å². The van der Waals surface area contributed by atoms with Crippen LogP contribution in [0.2, 0.25) is 0 Å². The number of morpholine rings is 1. The molecule has 152 valence electrons. The maximum Gasteiger partial charge on any atom is 0.340 e.